The first-order valence-electron chi connectivity index (χ1n) is 7.48. The molecule has 3 rings (SSSR count). The van der Waals surface area contributed by atoms with E-state index in [0.29, 0.717) is 30.7 Å². The van der Waals surface area contributed by atoms with E-state index >= 15 is 0 Å². The molecule has 1 saturated carbocycles. The SMILES string of the molecule is N#CC1=C(N2CCOCC2)NC2CCCCC2C1C#N. The molecule has 1 saturated heterocycles. The summed E-state index contributed by atoms with van der Waals surface area (Å²) in [6.45, 7) is 2.97. The number of nitrogens with zero attached hydrogens (tertiary/aromatic N) is 3. The second-order valence-corrected chi connectivity index (χ2v) is 5.78. The van der Waals surface area contributed by atoms with Crippen LogP contribution in [0.4, 0.5) is 0 Å². The molecule has 5 heteroatoms. The molecule has 5 nitrogen and oxygen atoms in total. The minimum atomic E-state index is -0.246. The van der Waals surface area contributed by atoms with Gasteiger partial charge in [0.2, 0.25) is 0 Å². The minimum Gasteiger partial charge on any atom is -0.378 e. The van der Waals surface area contributed by atoms with Crippen LogP contribution in [0, 0.1) is 34.5 Å². The molecule has 20 heavy (non-hydrogen) atoms. The van der Waals surface area contributed by atoms with E-state index in [2.05, 4.69) is 22.4 Å². The molecule has 0 amide bonds. The summed E-state index contributed by atoms with van der Waals surface area (Å²) < 4.78 is 5.38. The van der Waals surface area contributed by atoms with Crippen LogP contribution in [0.2, 0.25) is 0 Å². The molecule has 1 N–H and O–H groups in total. The van der Waals surface area contributed by atoms with Gasteiger partial charge in [0.25, 0.3) is 0 Å². The highest BCUT2D eigenvalue weighted by atomic mass is 16.5. The standard InChI is InChI=1S/C15H20N4O/c16-9-12-11-3-1-2-4-14(11)18-15(13(12)10-17)19-5-7-20-8-6-19/h11-12,14,18H,1-8H2. The Morgan fingerprint density at radius 1 is 1.15 bits per heavy atom. The van der Waals surface area contributed by atoms with Crippen LogP contribution in [0.5, 0.6) is 0 Å². The first-order valence-corrected chi connectivity index (χ1v) is 7.48. The van der Waals surface area contributed by atoms with Crippen LogP contribution in [0.3, 0.4) is 0 Å². The Morgan fingerprint density at radius 3 is 2.60 bits per heavy atom. The zero-order valence-corrected chi connectivity index (χ0v) is 11.6. The molecule has 0 aromatic carbocycles. The van der Waals surface area contributed by atoms with Gasteiger partial charge in [-0.25, -0.2) is 0 Å². The van der Waals surface area contributed by atoms with Crippen LogP contribution in [0.15, 0.2) is 11.4 Å². The third-order valence-electron chi connectivity index (χ3n) is 4.72. The molecule has 0 aromatic rings. The summed E-state index contributed by atoms with van der Waals surface area (Å²) in [5.74, 6) is 0.947. The fourth-order valence-corrected chi connectivity index (χ4v) is 3.68. The summed E-state index contributed by atoms with van der Waals surface area (Å²) in [4.78, 5) is 2.18. The summed E-state index contributed by atoms with van der Waals surface area (Å²) >= 11 is 0. The highest BCUT2D eigenvalue weighted by Crippen LogP contribution is 2.39. The normalized spacial score (nSPS) is 33.7. The van der Waals surface area contributed by atoms with Gasteiger partial charge in [0.05, 0.1) is 36.8 Å². The minimum absolute atomic E-state index is 0.246. The van der Waals surface area contributed by atoms with E-state index < -0.39 is 0 Å². The van der Waals surface area contributed by atoms with E-state index in [0.717, 1.165) is 31.8 Å². The Kier molecular flexibility index (Phi) is 3.80. The second-order valence-electron chi connectivity index (χ2n) is 5.78. The van der Waals surface area contributed by atoms with E-state index in [1.807, 2.05) is 0 Å². The molecular formula is C15H20N4O. The number of rotatable bonds is 1. The highest BCUT2D eigenvalue weighted by Gasteiger charge is 2.41. The maximum absolute atomic E-state index is 9.54. The lowest BCUT2D eigenvalue weighted by Gasteiger charge is -2.44. The number of morpholine rings is 1. The monoisotopic (exact) mass is 272 g/mol. The van der Waals surface area contributed by atoms with Crippen LogP contribution in [0.25, 0.3) is 0 Å². The number of hydrogen-bond acceptors (Lipinski definition) is 5. The van der Waals surface area contributed by atoms with Crippen molar-refractivity contribution in [1.82, 2.24) is 10.2 Å². The summed E-state index contributed by atoms with van der Waals surface area (Å²) in [6, 6.07) is 5.04. The Balaban J connectivity index is 1.94. The molecule has 0 radical (unpaired) electrons. The molecule has 3 unspecified atom stereocenters. The molecule has 2 fully saturated rings. The zero-order valence-electron chi connectivity index (χ0n) is 11.6. The smallest absolute Gasteiger partial charge is 0.117 e. The average molecular weight is 272 g/mol. The van der Waals surface area contributed by atoms with Crippen molar-refractivity contribution in [2.75, 3.05) is 26.3 Å². The van der Waals surface area contributed by atoms with Gasteiger partial charge < -0.3 is 15.0 Å². The van der Waals surface area contributed by atoms with Gasteiger partial charge in [-0.3, -0.25) is 0 Å². The molecule has 1 aliphatic carbocycles. The number of fused-ring (bicyclic) bond motifs is 1. The fraction of sp³-hybridized carbons (Fsp3) is 0.733. The quantitative estimate of drug-likeness (QED) is 0.780. The molecule has 106 valence electrons. The van der Waals surface area contributed by atoms with Gasteiger partial charge in [-0.15, -0.1) is 0 Å². The molecule has 0 aromatic heterocycles. The molecule has 2 aliphatic heterocycles. The predicted molar refractivity (Wildman–Crippen MR) is 73.0 cm³/mol. The topological polar surface area (TPSA) is 72.1 Å². The van der Waals surface area contributed by atoms with Gasteiger partial charge >= 0.3 is 0 Å². The number of ether oxygens (including phenoxy) is 1. The van der Waals surface area contributed by atoms with E-state index in [1.165, 1.54) is 12.8 Å². The third-order valence-corrected chi connectivity index (χ3v) is 4.72. The molecule has 0 bridgehead atoms. The van der Waals surface area contributed by atoms with E-state index in [4.69, 9.17) is 4.74 Å². The Bertz CT molecular complexity index is 481. The lowest BCUT2D eigenvalue weighted by molar-refractivity contribution is 0.0442. The highest BCUT2D eigenvalue weighted by molar-refractivity contribution is 5.37. The maximum atomic E-state index is 9.54. The summed E-state index contributed by atoms with van der Waals surface area (Å²) in [7, 11) is 0. The van der Waals surface area contributed by atoms with Crippen molar-refractivity contribution >= 4 is 0 Å². The van der Waals surface area contributed by atoms with Crippen molar-refractivity contribution in [3.63, 3.8) is 0 Å². The van der Waals surface area contributed by atoms with Gasteiger partial charge in [-0.05, 0) is 18.8 Å². The van der Waals surface area contributed by atoms with Crippen LogP contribution < -0.4 is 5.32 Å². The largest absolute Gasteiger partial charge is 0.378 e. The number of nitriles is 2. The van der Waals surface area contributed by atoms with Gasteiger partial charge in [-0.2, -0.15) is 10.5 Å². The molecule has 0 spiro atoms. The zero-order chi connectivity index (χ0) is 13.9. The summed E-state index contributed by atoms with van der Waals surface area (Å²) in [5, 5.41) is 22.6. The number of nitrogens with one attached hydrogen (secondary N) is 1. The van der Waals surface area contributed by atoms with Crippen LogP contribution >= 0.6 is 0 Å². The van der Waals surface area contributed by atoms with Gasteiger partial charge in [0.15, 0.2) is 0 Å². The first kappa shape index (κ1) is 13.3. The van der Waals surface area contributed by atoms with Crippen LogP contribution in [0.1, 0.15) is 25.7 Å². The predicted octanol–water partition coefficient (Wildman–Crippen LogP) is 1.36. The summed E-state index contributed by atoms with van der Waals surface area (Å²) in [5.41, 5.74) is 0.637. The average Bonchev–Trinajstić information content (AvgIpc) is 2.53. The molecular weight excluding hydrogens is 252 g/mol. The van der Waals surface area contributed by atoms with Gasteiger partial charge in [0, 0.05) is 19.1 Å². The number of allylic oxidation sites excluding steroid dienone is 1. The van der Waals surface area contributed by atoms with Crippen molar-refractivity contribution in [1.29, 1.82) is 10.5 Å². The Hall–Kier alpha value is -1.72. The lowest BCUT2D eigenvalue weighted by atomic mass is 9.72. The van der Waals surface area contributed by atoms with Gasteiger partial charge in [0.1, 0.15) is 5.82 Å². The van der Waals surface area contributed by atoms with E-state index in [-0.39, 0.29) is 5.92 Å². The van der Waals surface area contributed by atoms with Gasteiger partial charge in [-0.1, -0.05) is 12.8 Å². The van der Waals surface area contributed by atoms with Crippen molar-refractivity contribution in [2.45, 2.75) is 31.7 Å². The van der Waals surface area contributed by atoms with Crippen LogP contribution in [-0.4, -0.2) is 37.2 Å². The van der Waals surface area contributed by atoms with Crippen molar-refractivity contribution < 1.29 is 4.74 Å². The molecule has 3 atom stereocenters. The Labute approximate surface area is 119 Å². The van der Waals surface area contributed by atoms with E-state index in [1.54, 1.807) is 0 Å². The number of hydrogen-bond donors (Lipinski definition) is 1. The van der Waals surface area contributed by atoms with Crippen molar-refractivity contribution in [3.05, 3.63) is 11.4 Å². The Morgan fingerprint density at radius 2 is 1.90 bits per heavy atom. The third kappa shape index (κ3) is 2.23. The fourth-order valence-electron chi connectivity index (χ4n) is 3.68. The maximum Gasteiger partial charge on any atom is 0.117 e. The van der Waals surface area contributed by atoms with Crippen molar-refractivity contribution in [3.8, 4) is 12.1 Å². The second kappa shape index (κ2) is 5.73. The summed E-state index contributed by atoms with van der Waals surface area (Å²) in [6.07, 6.45) is 4.55. The molecule has 2 heterocycles. The lowest BCUT2D eigenvalue weighted by Crippen LogP contribution is -2.52. The van der Waals surface area contributed by atoms with Crippen molar-refractivity contribution in [2.24, 2.45) is 11.8 Å². The first-order chi connectivity index (χ1) is 9.85. The molecule has 3 aliphatic rings. The van der Waals surface area contributed by atoms with Crippen LogP contribution in [-0.2, 0) is 4.74 Å². The van der Waals surface area contributed by atoms with E-state index in [9.17, 15) is 10.5 Å².